The van der Waals surface area contributed by atoms with Gasteiger partial charge in [-0.3, -0.25) is 0 Å². The molecule has 0 unspecified atom stereocenters. The molecule has 0 saturated carbocycles. The predicted molar refractivity (Wildman–Crippen MR) is 29.3 cm³/mol. The zero-order valence-corrected chi connectivity index (χ0v) is 5.12. The maximum atomic E-state index is 8.99. The Morgan fingerprint density at radius 2 is 1.80 bits per heavy atom. The fraction of sp³-hybridized carbons (Fsp3) is 0. The minimum absolute atomic E-state index is 0. The van der Waals surface area contributed by atoms with Crippen molar-refractivity contribution in [3.63, 3.8) is 0 Å². The molecule has 2 nitrogen and oxygen atoms in total. The van der Waals surface area contributed by atoms with Gasteiger partial charge in [-0.15, -0.1) is 12.4 Å². The Hall–Kier alpha value is 0.490. The van der Waals surface area contributed by atoms with Gasteiger partial charge >= 0.3 is 3.98 Å². The minimum Gasteiger partial charge on any atom is -0.474 e. The highest BCUT2D eigenvalue weighted by molar-refractivity contribution is 14.1. The smallest absolute Gasteiger partial charge is 0.364 e. The van der Waals surface area contributed by atoms with E-state index in [1.54, 1.807) is 0 Å². The molecule has 0 rings (SSSR count). The zero-order chi connectivity index (χ0) is 3.58. The predicted octanol–water partition coefficient (Wildman–Crippen LogP) is 1.52. The fourth-order valence-corrected chi connectivity index (χ4v) is 0. The van der Waals surface area contributed by atoms with Crippen LogP contribution in [0.3, 0.4) is 0 Å². The lowest BCUT2D eigenvalue weighted by atomic mass is 11.7. The molecule has 0 aliphatic heterocycles. The van der Waals surface area contributed by atoms with E-state index in [-0.39, 0.29) is 12.4 Å². The summed E-state index contributed by atoms with van der Waals surface area (Å²) in [5.74, 6) is 0. The largest absolute Gasteiger partial charge is 0.474 e. The third-order valence-corrected chi connectivity index (χ3v) is 0. The van der Waals surface area contributed by atoms with Crippen LogP contribution in [-0.2, 0) is 0 Å². The van der Waals surface area contributed by atoms with Gasteiger partial charge in [-0.2, -0.15) is 0 Å². The summed E-state index contributed by atoms with van der Waals surface area (Å²) in [7, 11) is 0. The van der Waals surface area contributed by atoms with Crippen LogP contribution in [0.4, 0.5) is 4.79 Å². The Bertz CT molecular complexity index is 32.6. The number of carbonyl (C=O) groups is 1. The molecule has 0 aromatic rings. The monoisotopic (exact) mass is 208 g/mol. The first kappa shape index (κ1) is 9.09. The Morgan fingerprint density at radius 1 is 1.80 bits per heavy atom. The fourth-order valence-electron chi connectivity index (χ4n) is 0. The number of hydrogen-bond donors (Lipinski definition) is 1. The third-order valence-electron chi connectivity index (χ3n) is 0. The van der Waals surface area contributed by atoms with Gasteiger partial charge in [-0.1, -0.05) is 0 Å². The molecule has 1 N–H and O–H groups in total. The van der Waals surface area contributed by atoms with Crippen LogP contribution in [-0.4, -0.2) is 9.08 Å². The lowest BCUT2D eigenvalue weighted by Gasteiger charge is -1.56. The van der Waals surface area contributed by atoms with E-state index >= 15 is 0 Å². The first-order chi connectivity index (χ1) is 1.73. The molecule has 0 atom stereocenters. The number of halogens is 2. The molecule has 4 heteroatoms. The van der Waals surface area contributed by atoms with E-state index in [1.165, 1.54) is 22.6 Å². The van der Waals surface area contributed by atoms with Crippen molar-refractivity contribution in [2.75, 3.05) is 0 Å². The summed E-state index contributed by atoms with van der Waals surface area (Å²) in [5.41, 5.74) is 0. The quantitative estimate of drug-likeness (QED) is 0.484. The lowest BCUT2D eigenvalue weighted by Crippen LogP contribution is -1.64. The normalized spacial score (nSPS) is 5.00. The molecule has 0 saturated heterocycles. The van der Waals surface area contributed by atoms with E-state index in [2.05, 4.69) is 0 Å². The van der Waals surface area contributed by atoms with E-state index in [9.17, 15) is 0 Å². The zero-order valence-electron chi connectivity index (χ0n) is 2.14. The Morgan fingerprint density at radius 3 is 1.80 bits per heavy atom. The molecule has 0 bridgehead atoms. The Labute approximate surface area is 49.1 Å². The van der Waals surface area contributed by atoms with E-state index in [1.807, 2.05) is 0 Å². The molecule has 32 valence electrons. The van der Waals surface area contributed by atoms with Gasteiger partial charge in [0.25, 0.3) is 0 Å². The van der Waals surface area contributed by atoms with Crippen LogP contribution in [0.1, 0.15) is 0 Å². The summed E-state index contributed by atoms with van der Waals surface area (Å²) >= 11 is 1.26. The molecular formula is CH2ClIO2. The van der Waals surface area contributed by atoms with Crippen molar-refractivity contribution >= 4 is 39.0 Å². The van der Waals surface area contributed by atoms with Crippen molar-refractivity contribution in [3.8, 4) is 0 Å². The second-order valence-electron chi connectivity index (χ2n) is 0.253. The number of rotatable bonds is 0. The van der Waals surface area contributed by atoms with Crippen molar-refractivity contribution in [2.24, 2.45) is 0 Å². The summed E-state index contributed by atoms with van der Waals surface area (Å²) in [6.45, 7) is 0. The number of carboxylic acid groups (broad SMARTS) is 1. The van der Waals surface area contributed by atoms with Gasteiger partial charge in [0, 0.05) is 0 Å². The standard InChI is InChI=1S/CHIO2.ClH/c2-1(3)4;/h(H,3,4);1H. The highest BCUT2D eigenvalue weighted by Crippen LogP contribution is 1.76. The maximum Gasteiger partial charge on any atom is 0.364 e. The SMILES string of the molecule is Cl.O=C(O)I. The van der Waals surface area contributed by atoms with Gasteiger partial charge in [-0.25, -0.2) is 4.79 Å². The topological polar surface area (TPSA) is 37.3 Å². The molecule has 0 aliphatic rings. The van der Waals surface area contributed by atoms with Crippen molar-refractivity contribution in [3.05, 3.63) is 0 Å². The first-order valence-electron chi connectivity index (χ1n) is 0.617. The summed E-state index contributed by atoms with van der Waals surface area (Å²) in [4.78, 5) is 8.99. The summed E-state index contributed by atoms with van der Waals surface area (Å²) in [6, 6.07) is 0. The van der Waals surface area contributed by atoms with E-state index in [0.717, 1.165) is 0 Å². The second kappa shape index (κ2) is 4.49. The first-order valence-corrected chi connectivity index (χ1v) is 1.70. The Balaban J connectivity index is 0. The van der Waals surface area contributed by atoms with E-state index < -0.39 is 3.98 Å². The van der Waals surface area contributed by atoms with Gasteiger partial charge in [0.05, 0.1) is 22.6 Å². The van der Waals surface area contributed by atoms with Gasteiger partial charge in [-0.05, 0) is 0 Å². The molecule has 0 aromatic carbocycles. The van der Waals surface area contributed by atoms with Crippen LogP contribution >= 0.6 is 35.0 Å². The van der Waals surface area contributed by atoms with E-state index in [0.29, 0.717) is 0 Å². The van der Waals surface area contributed by atoms with Crippen LogP contribution in [0.5, 0.6) is 0 Å². The average molecular weight is 208 g/mol. The molecule has 0 amide bonds. The molecule has 0 aromatic heterocycles. The molecule has 0 heterocycles. The highest BCUT2D eigenvalue weighted by atomic mass is 127. The third kappa shape index (κ3) is 116. The van der Waals surface area contributed by atoms with E-state index in [4.69, 9.17) is 9.90 Å². The van der Waals surface area contributed by atoms with Crippen LogP contribution in [0.2, 0.25) is 0 Å². The molecule has 0 fully saturated rings. The van der Waals surface area contributed by atoms with Gasteiger partial charge in [0.1, 0.15) is 0 Å². The van der Waals surface area contributed by atoms with Crippen LogP contribution < -0.4 is 0 Å². The van der Waals surface area contributed by atoms with Gasteiger partial charge in [0.15, 0.2) is 0 Å². The molecular weight excluding hydrogens is 206 g/mol. The minimum atomic E-state index is -0.863. The second-order valence-corrected chi connectivity index (χ2v) is 1.18. The highest BCUT2D eigenvalue weighted by Gasteiger charge is 1.69. The van der Waals surface area contributed by atoms with Crippen LogP contribution in [0.15, 0.2) is 0 Å². The molecule has 5 heavy (non-hydrogen) atoms. The van der Waals surface area contributed by atoms with Crippen molar-refractivity contribution < 1.29 is 9.90 Å². The summed E-state index contributed by atoms with van der Waals surface area (Å²) < 4.78 is -0.863. The average Bonchev–Trinajstić information content (AvgIpc) is 0.811. The lowest BCUT2D eigenvalue weighted by molar-refractivity contribution is 0.225. The summed E-state index contributed by atoms with van der Waals surface area (Å²) in [6.07, 6.45) is 0. The molecule has 0 aliphatic carbocycles. The van der Waals surface area contributed by atoms with Crippen molar-refractivity contribution in [2.45, 2.75) is 0 Å². The van der Waals surface area contributed by atoms with Crippen LogP contribution in [0, 0.1) is 0 Å². The van der Waals surface area contributed by atoms with Crippen LogP contribution in [0.25, 0.3) is 0 Å². The van der Waals surface area contributed by atoms with Crippen molar-refractivity contribution in [1.29, 1.82) is 0 Å². The van der Waals surface area contributed by atoms with Crippen molar-refractivity contribution in [1.82, 2.24) is 0 Å². The molecule has 0 radical (unpaired) electrons. The summed E-state index contributed by atoms with van der Waals surface area (Å²) in [5, 5.41) is 7.40. The maximum absolute atomic E-state index is 8.99. The van der Waals surface area contributed by atoms with Gasteiger partial charge in [0.2, 0.25) is 0 Å². The number of hydrogen-bond acceptors (Lipinski definition) is 1. The Kier molecular flexibility index (Phi) is 8.16. The molecule has 0 spiro atoms. The van der Waals surface area contributed by atoms with Gasteiger partial charge < -0.3 is 5.11 Å².